The molecule has 0 unspecified atom stereocenters. The van der Waals surface area contributed by atoms with Crippen LogP contribution in [-0.2, 0) is 6.42 Å². The summed E-state index contributed by atoms with van der Waals surface area (Å²) >= 11 is 3.36. The third-order valence-corrected chi connectivity index (χ3v) is 3.42. The maximum atomic E-state index is 12.2. The molecule has 0 fully saturated rings. The monoisotopic (exact) mass is 303 g/mol. The van der Waals surface area contributed by atoms with Crippen molar-refractivity contribution in [1.29, 1.82) is 0 Å². The van der Waals surface area contributed by atoms with Crippen molar-refractivity contribution in [3.05, 3.63) is 63.6 Å². The Bertz CT molecular complexity index is 593. The first-order valence-corrected chi connectivity index (χ1v) is 6.50. The largest absolute Gasteiger partial charge is 0.398 e. The van der Waals surface area contributed by atoms with Gasteiger partial charge in [0.2, 0.25) is 0 Å². The number of ketones is 1. The summed E-state index contributed by atoms with van der Waals surface area (Å²) < 4.78 is 0.866. The van der Waals surface area contributed by atoms with E-state index in [0.29, 0.717) is 17.7 Å². The van der Waals surface area contributed by atoms with Gasteiger partial charge in [0.05, 0.1) is 0 Å². The van der Waals surface area contributed by atoms with Gasteiger partial charge in [-0.2, -0.15) is 0 Å². The van der Waals surface area contributed by atoms with Crippen molar-refractivity contribution < 1.29 is 4.79 Å². The highest BCUT2D eigenvalue weighted by atomic mass is 79.9. The van der Waals surface area contributed by atoms with E-state index < -0.39 is 0 Å². The third kappa shape index (κ3) is 2.79. The van der Waals surface area contributed by atoms with Crippen molar-refractivity contribution in [3.63, 3.8) is 0 Å². The van der Waals surface area contributed by atoms with Gasteiger partial charge >= 0.3 is 0 Å². The molecule has 92 valence electrons. The molecule has 2 aromatic carbocycles. The number of carbonyl (C=O) groups is 1. The van der Waals surface area contributed by atoms with Crippen LogP contribution in [0.2, 0.25) is 0 Å². The van der Waals surface area contributed by atoms with E-state index in [1.165, 1.54) is 0 Å². The molecular formula is C15H14BrNO. The Labute approximate surface area is 115 Å². The van der Waals surface area contributed by atoms with Crippen LogP contribution in [0.5, 0.6) is 0 Å². The smallest absolute Gasteiger partial charge is 0.169 e. The lowest BCUT2D eigenvalue weighted by Gasteiger charge is -2.07. The van der Waals surface area contributed by atoms with Gasteiger partial charge in [-0.3, -0.25) is 4.79 Å². The van der Waals surface area contributed by atoms with Crippen molar-refractivity contribution in [2.45, 2.75) is 13.3 Å². The highest BCUT2D eigenvalue weighted by Crippen LogP contribution is 2.21. The summed E-state index contributed by atoms with van der Waals surface area (Å²) in [6, 6.07) is 13.2. The maximum Gasteiger partial charge on any atom is 0.169 e. The van der Waals surface area contributed by atoms with Crippen LogP contribution in [0.25, 0.3) is 0 Å². The minimum atomic E-state index is 0.0445. The van der Waals surface area contributed by atoms with Gasteiger partial charge in [-0.15, -0.1) is 0 Å². The van der Waals surface area contributed by atoms with Gasteiger partial charge in [0.15, 0.2) is 5.78 Å². The molecule has 18 heavy (non-hydrogen) atoms. The van der Waals surface area contributed by atoms with Crippen LogP contribution in [0.1, 0.15) is 21.5 Å². The lowest BCUT2D eigenvalue weighted by molar-refractivity contribution is 0.0993. The SMILES string of the molecule is Cc1ccccc1CC(=O)c1cc(Br)ccc1N. The molecule has 3 heteroatoms. The summed E-state index contributed by atoms with van der Waals surface area (Å²) in [4.78, 5) is 12.2. The predicted molar refractivity (Wildman–Crippen MR) is 77.8 cm³/mol. The molecule has 0 aromatic heterocycles. The van der Waals surface area contributed by atoms with Crippen molar-refractivity contribution in [1.82, 2.24) is 0 Å². The topological polar surface area (TPSA) is 43.1 Å². The number of carbonyl (C=O) groups excluding carboxylic acids is 1. The lowest BCUT2D eigenvalue weighted by atomic mass is 9.99. The number of anilines is 1. The number of nitrogens with two attached hydrogens (primary N) is 1. The number of aryl methyl sites for hydroxylation is 1. The summed E-state index contributed by atoms with van der Waals surface area (Å²) in [5, 5.41) is 0. The van der Waals surface area contributed by atoms with Crippen LogP contribution in [0.3, 0.4) is 0 Å². The highest BCUT2D eigenvalue weighted by Gasteiger charge is 2.12. The molecule has 0 aliphatic heterocycles. The van der Waals surface area contributed by atoms with E-state index >= 15 is 0 Å². The van der Waals surface area contributed by atoms with Crippen molar-refractivity contribution in [3.8, 4) is 0 Å². The second-order valence-corrected chi connectivity index (χ2v) is 5.17. The Hall–Kier alpha value is -1.61. The molecule has 2 nitrogen and oxygen atoms in total. The summed E-state index contributed by atoms with van der Waals surface area (Å²) in [5.74, 6) is 0.0445. The predicted octanol–water partition coefficient (Wildman–Crippen LogP) is 3.77. The van der Waals surface area contributed by atoms with E-state index in [9.17, 15) is 4.79 Å². The number of nitrogen functional groups attached to an aromatic ring is 1. The molecule has 0 radical (unpaired) electrons. The van der Waals surface area contributed by atoms with E-state index in [0.717, 1.165) is 15.6 Å². The maximum absolute atomic E-state index is 12.2. The Kier molecular flexibility index (Phi) is 3.82. The zero-order valence-electron chi connectivity index (χ0n) is 10.1. The van der Waals surface area contributed by atoms with Gasteiger partial charge in [-0.1, -0.05) is 40.2 Å². The quantitative estimate of drug-likeness (QED) is 0.693. The number of rotatable bonds is 3. The first kappa shape index (κ1) is 12.8. The molecule has 0 heterocycles. The lowest BCUT2D eigenvalue weighted by Crippen LogP contribution is -2.08. The van der Waals surface area contributed by atoms with Gasteiger partial charge in [0.25, 0.3) is 0 Å². The standard InChI is InChI=1S/C15H14BrNO/c1-10-4-2-3-5-11(10)8-15(18)13-9-12(16)6-7-14(13)17/h2-7,9H,8,17H2,1H3. The van der Waals surface area contributed by atoms with Crippen LogP contribution in [0.4, 0.5) is 5.69 Å². The second-order valence-electron chi connectivity index (χ2n) is 4.26. The Balaban J connectivity index is 2.28. The minimum Gasteiger partial charge on any atom is -0.398 e. The Morgan fingerprint density at radius 1 is 1.22 bits per heavy atom. The van der Waals surface area contributed by atoms with Crippen molar-refractivity contribution in [2.24, 2.45) is 0 Å². The molecule has 0 spiro atoms. The molecule has 0 saturated heterocycles. The summed E-state index contributed by atoms with van der Waals surface area (Å²) in [5.41, 5.74) is 9.11. The fraction of sp³-hybridized carbons (Fsp3) is 0.133. The van der Waals surface area contributed by atoms with E-state index in [1.807, 2.05) is 37.3 Å². The number of halogens is 1. The second kappa shape index (κ2) is 5.36. The average Bonchev–Trinajstić information content (AvgIpc) is 2.35. The molecule has 0 saturated carbocycles. The molecule has 0 aliphatic carbocycles. The first-order valence-electron chi connectivity index (χ1n) is 5.70. The normalized spacial score (nSPS) is 10.3. The first-order chi connectivity index (χ1) is 8.58. The van der Waals surface area contributed by atoms with Gasteiger partial charge in [0, 0.05) is 22.1 Å². The molecule has 0 amide bonds. The molecule has 0 bridgehead atoms. The molecule has 2 N–H and O–H groups in total. The van der Waals surface area contributed by atoms with E-state index in [-0.39, 0.29) is 5.78 Å². The van der Waals surface area contributed by atoms with Crippen LogP contribution in [-0.4, -0.2) is 5.78 Å². The van der Waals surface area contributed by atoms with Crippen LogP contribution in [0, 0.1) is 6.92 Å². The Morgan fingerprint density at radius 2 is 1.94 bits per heavy atom. The van der Waals surface area contributed by atoms with Crippen molar-refractivity contribution in [2.75, 3.05) is 5.73 Å². The van der Waals surface area contributed by atoms with Gasteiger partial charge < -0.3 is 5.73 Å². The Morgan fingerprint density at radius 3 is 2.67 bits per heavy atom. The molecule has 0 atom stereocenters. The summed E-state index contributed by atoms with van der Waals surface area (Å²) in [7, 11) is 0. The number of hydrogen-bond donors (Lipinski definition) is 1. The third-order valence-electron chi connectivity index (χ3n) is 2.93. The van der Waals surface area contributed by atoms with Crippen LogP contribution < -0.4 is 5.73 Å². The molecule has 0 aliphatic rings. The fourth-order valence-corrected chi connectivity index (χ4v) is 2.21. The van der Waals surface area contributed by atoms with Gasteiger partial charge in [-0.25, -0.2) is 0 Å². The minimum absolute atomic E-state index is 0.0445. The molecule has 2 aromatic rings. The highest BCUT2D eigenvalue weighted by molar-refractivity contribution is 9.10. The summed E-state index contributed by atoms with van der Waals surface area (Å²) in [6.45, 7) is 2.01. The number of hydrogen-bond acceptors (Lipinski definition) is 2. The van der Waals surface area contributed by atoms with Crippen LogP contribution >= 0.6 is 15.9 Å². The average molecular weight is 304 g/mol. The van der Waals surface area contributed by atoms with Gasteiger partial charge in [0.1, 0.15) is 0 Å². The zero-order chi connectivity index (χ0) is 13.1. The van der Waals surface area contributed by atoms with Crippen molar-refractivity contribution >= 4 is 27.4 Å². The zero-order valence-corrected chi connectivity index (χ0v) is 11.7. The van der Waals surface area contributed by atoms with Gasteiger partial charge in [-0.05, 0) is 36.2 Å². The number of benzene rings is 2. The summed E-state index contributed by atoms with van der Waals surface area (Å²) in [6.07, 6.45) is 0.382. The molecular weight excluding hydrogens is 290 g/mol. The van der Waals surface area contributed by atoms with E-state index in [2.05, 4.69) is 15.9 Å². The van der Waals surface area contributed by atoms with Crippen LogP contribution in [0.15, 0.2) is 46.9 Å². The fourth-order valence-electron chi connectivity index (χ4n) is 1.85. The van der Waals surface area contributed by atoms with E-state index in [4.69, 9.17) is 5.73 Å². The van der Waals surface area contributed by atoms with E-state index in [1.54, 1.807) is 12.1 Å². The number of Topliss-reactive ketones (excluding diaryl/α,β-unsaturated/α-hetero) is 1. The molecule has 2 rings (SSSR count).